The first-order valence-corrected chi connectivity index (χ1v) is 9.96. The molecule has 0 amide bonds. The standard InChI is InChI=1S/C21H20N2O2S/c24-18-8-7-17(16-6-5-14-3-1-2-4-15(14)13-16)19-20(18)26-21(22-19)23-9-11-25-12-10-23/h1-6,13,17H,7-12H2. The molecule has 1 aliphatic carbocycles. The molecule has 0 saturated carbocycles. The minimum absolute atomic E-state index is 0.207. The van der Waals surface area contributed by atoms with Crippen molar-refractivity contribution in [1.29, 1.82) is 0 Å². The Balaban J connectivity index is 1.55. The quantitative estimate of drug-likeness (QED) is 0.682. The third-order valence-electron chi connectivity index (χ3n) is 5.34. The van der Waals surface area contributed by atoms with Gasteiger partial charge in [-0.2, -0.15) is 0 Å². The number of hydrogen-bond acceptors (Lipinski definition) is 5. The Hall–Kier alpha value is -2.24. The molecule has 5 heteroatoms. The fraction of sp³-hybridized carbons (Fsp3) is 0.333. The molecule has 1 saturated heterocycles. The normalized spacial score (nSPS) is 20.4. The van der Waals surface area contributed by atoms with Crippen LogP contribution < -0.4 is 4.90 Å². The minimum Gasteiger partial charge on any atom is -0.378 e. The number of rotatable bonds is 2. The summed E-state index contributed by atoms with van der Waals surface area (Å²) in [6, 6.07) is 15.0. The fourth-order valence-corrected chi connectivity index (χ4v) is 5.07. The van der Waals surface area contributed by atoms with Crippen LogP contribution in [0.15, 0.2) is 42.5 Å². The molecule has 0 N–H and O–H groups in total. The van der Waals surface area contributed by atoms with E-state index in [1.54, 1.807) is 11.3 Å². The maximum absolute atomic E-state index is 12.5. The summed E-state index contributed by atoms with van der Waals surface area (Å²) in [5.41, 5.74) is 2.24. The summed E-state index contributed by atoms with van der Waals surface area (Å²) in [4.78, 5) is 20.5. The molecular weight excluding hydrogens is 344 g/mol. The lowest BCUT2D eigenvalue weighted by Gasteiger charge is -2.26. The molecule has 5 rings (SSSR count). The molecule has 2 aromatic carbocycles. The molecule has 0 spiro atoms. The zero-order valence-electron chi connectivity index (χ0n) is 14.5. The molecule has 2 heterocycles. The van der Waals surface area contributed by atoms with Gasteiger partial charge in [-0.15, -0.1) is 0 Å². The average Bonchev–Trinajstić information content (AvgIpc) is 3.15. The summed E-state index contributed by atoms with van der Waals surface area (Å²) in [7, 11) is 0. The number of hydrogen-bond donors (Lipinski definition) is 0. The van der Waals surface area contributed by atoms with Gasteiger partial charge in [-0.25, -0.2) is 4.98 Å². The average molecular weight is 364 g/mol. The van der Waals surface area contributed by atoms with Gasteiger partial charge in [0.05, 0.1) is 23.8 Å². The second-order valence-electron chi connectivity index (χ2n) is 6.93. The Morgan fingerprint density at radius 2 is 1.88 bits per heavy atom. The van der Waals surface area contributed by atoms with E-state index in [9.17, 15) is 4.79 Å². The Labute approximate surface area is 156 Å². The molecule has 2 aliphatic rings. The van der Waals surface area contributed by atoms with E-state index in [0.29, 0.717) is 6.42 Å². The van der Waals surface area contributed by atoms with Crippen molar-refractivity contribution in [3.63, 3.8) is 0 Å². The molecule has 1 atom stereocenters. The lowest BCUT2D eigenvalue weighted by atomic mass is 9.84. The monoisotopic (exact) mass is 364 g/mol. The van der Waals surface area contributed by atoms with Crippen LogP contribution in [0.5, 0.6) is 0 Å². The van der Waals surface area contributed by atoms with Crippen LogP contribution in [0.3, 0.4) is 0 Å². The first-order valence-electron chi connectivity index (χ1n) is 9.15. The van der Waals surface area contributed by atoms with Crippen molar-refractivity contribution in [2.45, 2.75) is 18.8 Å². The first kappa shape index (κ1) is 16.0. The summed E-state index contributed by atoms with van der Waals surface area (Å²) in [5.74, 6) is 0.451. The Morgan fingerprint density at radius 3 is 2.73 bits per heavy atom. The van der Waals surface area contributed by atoms with Crippen LogP contribution in [0, 0.1) is 0 Å². The van der Waals surface area contributed by atoms with Crippen LogP contribution >= 0.6 is 11.3 Å². The van der Waals surface area contributed by atoms with Gasteiger partial charge in [-0.3, -0.25) is 4.79 Å². The number of carbonyl (C=O) groups excluding carboxylic acids is 1. The SMILES string of the molecule is O=C1CCC(c2ccc3ccccc3c2)c2nc(N3CCOCC3)sc21. The summed E-state index contributed by atoms with van der Waals surface area (Å²) in [6.07, 6.45) is 1.45. The van der Waals surface area contributed by atoms with Crippen LogP contribution in [0.4, 0.5) is 5.13 Å². The third kappa shape index (κ3) is 2.72. The van der Waals surface area contributed by atoms with E-state index in [-0.39, 0.29) is 11.7 Å². The van der Waals surface area contributed by atoms with Gasteiger partial charge >= 0.3 is 0 Å². The smallest absolute Gasteiger partial charge is 0.186 e. The molecule has 0 radical (unpaired) electrons. The van der Waals surface area contributed by atoms with E-state index < -0.39 is 0 Å². The second-order valence-corrected chi connectivity index (χ2v) is 7.91. The molecular formula is C21H20N2O2S. The van der Waals surface area contributed by atoms with Gasteiger partial charge < -0.3 is 9.64 Å². The van der Waals surface area contributed by atoms with Crippen molar-refractivity contribution in [3.8, 4) is 0 Å². The number of benzene rings is 2. The van der Waals surface area contributed by atoms with E-state index in [2.05, 4.69) is 47.4 Å². The van der Waals surface area contributed by atoms with Gasteiger partial charge in [0, 0.05) is 25.4 Å². The van der Waals surface area contributed by atoms with Crippen molar-refractivity contribution >= 4 is 33.0 Å². The number of thiazole rings is 1. The zero-order chi connectivity index (χ0) is 17.5. The van der Waals surface area contributed by atoms with E-state index in [0.717, 1.165) is 48.4 Å². The predicted octanol–water partition coefficient (Wildman–Crippen LogP) is 4.24. The third-order valence-corrected chi connectivity index (χ3v) is 6.52. The highest BCUT2D eigenvalue weighted by molar-refractivity contribution is 7.17. The number of nitrogens with zero attached hydrogens (tertiary/aromatic N) is 2. The summed E-state index contributed by atoms with van der Waals surface area (Å²) in [5, 5.41) is 3.46. The summed E-state index contributed by atoms with van der Waals surface area (Å²) < 4.78 is 5.44. The van der Waals surface area contributed by atoms with Gasteiger partial charge in [-0.05, 0) is 22.8 Å². The highest BCUT2D eigenvalue weighted by Gasteiger charge is 2.32. The van der Waals surface area contributed by atoms with Gasteiger partial charge in [0.25, 0.3) is 0 Å². The molecule has 0 bridgehead atoms. The van der Waals surface area contributed by atoms with Crippen molar-refractivity contribution in [2.75, 3.05) is 31.2 Å². The van der Waals surface area contributed by atoms with Crippen molar-refractivity contribution in [3.05, 3.63) is 58.6 Å². The highest BCUT2D eigenvalue weighted by Crippen LogP contribution is 2.41. The number of ketones is 1. The molecule has 1 unspecified atom stereocenters. The lowest BCUT2D eigenvalue weighted by molar-refractivity contribution is 0.0973. The Morgan fingerprint density at radius 1 is 1.08 bits per heavy atom. The van der Waals surface area contributed by atoms with Gasteiger partial charge in [0.2, 0.25) is 0 Å². The number of Topliss-reactive ketones (excluding diaryl/α,β-unsaturated/α-hetero) is 1. The maximum atomic E-state index is 12.5. The predicted molar refractivity (Wildman–Crippen MR) is 105 cm³/mol. The fourth-order valence-electron chi connectivity index (χ4n) is 3.92. The molecule has 1 aromatic heterocycles. The molecule has 4 nitrogen and oxygen atoms in total. The van der Waals surface area contributed by atoms with Gasteiger partial charge in [0.1, 0.15) is 0 Å². The molecule has 1 fully saturated rings. The minimum atomic E-state index is 0.207. The zero-order valence-corrected chi connectivity index (χ0v) is 15.3. The highest BCUT2D eigenvalue weighted by atomic mass is 32.1. The van der Waals surface area contributed by atoms with Crippen molar-refractivity contribution in [1.82, 2.24) is 4.98 Å². The molecule has 132 valence electrons. The molecule has 26 heavy (non-hydrogen) atoms. The summed E-state index contributed by atoms with van der Waals surface area (Å²) >= 11 is 1.56. The number of ether oxygens (including phenoxy) is 1. The van der Waals surface area contributed by atoms with E-state index >= 15 is 0 Å². The molecule has 3 aromatic rings. The van der Waals surface area contributed by atoms with Crippen LogP contribution in [0.1, 0.15) is 39.7 Å². The number of morpholine rings is 1. The largest absolute Gasteiger partial charge is 0.378 e. The van der Waals surface area contributed by atoms with Crippen LogP contribution in [-0.4, -0.2) is 37.1 Å². The van der Waals surface area contributed by atoms with Crippen LogP contribution in [0.2, 0.25) is 0 Å². The topological polar surface area (TPSA) is 42.4 Å². The lowest BCUT2D eigenvalue weighted by Crippen LogP contribution is -2.36. The van der Waals surface area contributed by atoms with E-state index in [1.807, 2.05) is 0 Å². The van der Waals surface area contributed by atoms with Gasteiger partial charge in [0.15, 0.2) is 10.9 Å². The second kappa shape index (κ2) is 6.49. The molecule has 1 aliphatic heterocycles. The van der Waals surface area contributed by atoms with E-state index in [4.69, 9.17) is 9.72 Å². The number of fused-ring (bicyclic) bond motifs is 2. The first-order chi connectivity index (χ1) is 12.8. The van der Waals surface area contributed by atoms with Crippen molar-refractivity contribution in [2.24, 2.45) is 0 Å². The van der Waals surface area contributed by atoms with Crippen LogP contribution in [0.25, 0.3) is 10.8 Å². The Bertz CT molecular complexity index is 975. The van der Waals surface area contributed by atoms with Crippen molar-refractivity contribution < 1.29 is 9.53 Å². The number of anilines is 1. The summed E-state index contributed by atoms with van der Waals surface area (Å²) in [6.45, 7) is 3.15. The van der Waals surface area contributed by atoms with Crippen LogP contribution in [-0.2, 0) is 4.74 Å². The van der Waals surface area contributed by atoms with E-state index in [1.165, 1.54) is 16.3 Å². The maximum Gasteiger partial charge on any atom is 0.186 e. The Kier molecular flexibility index (Phi) is 3.98. The number of aromatic nitrogens is 1. The number of carbonyl (C=O) groups is 1. The van der Waals surface area contributed by atoms with Gasteiger partial charge in [-0.1, -0.05) is 53.8 Å².